The lowest BCUT2D eigenvalue weighted by Crippen LogP contribution is -2.41. The van der Waals surface area contributed by atoms with Crippen LogP contribution in [0.1, 0.15) is 5.56 Å². The molecule has 0 aromatic carbocycles. The molecule has 2 N–H and O–H groups in total. The number of hydrogen-bond donors (Lipinski definition) is 2. The van der Waals surface area contributed by atoms with E-state index in [2.05, 4.69) is 16.8 Å². The van der Waals surface area contributed by atoms with E-state index in [-0.39, 0.29) is 5.56 Å². The Morgan fingerprint density at radius 1 is 1.38 bits per heavy atom. The molecule has 0 atom stereocenters. The van der Waals surface area contributed by atoms with Gasteiger partial charge in [0, 0.05) is 18.0 Å². The Hall–Kier alpha value is -1.70. The molecule has 0 aliphatic rings. The molecule has 0 unspecified atom stereocenters. The molecule has 5 nitrogen and oxygen atoms in total. The zero-order valence-corrected chi connectivity index (χ0v) is 11.2. The van der Waals surface area contributed by atoms with Gasteiger partial charge in [-0.15, -0.1) is 0 Å². The van der Waals surface area contributed by atoms with Gasteiger partial charge in [-0.2, -0.15) is 8.78 Å². The second-order valence-corrected chi connectivity index (χ2v) is 5.52. The van der Waals surface area contributed by atoms with Crippen LogP contribution in [0.4, 0.5) is 17.6 Å². The van der Waals surface area contributed by atoms with Gasteiger partial charge in [0.15, 0.2) is 0 Å². The fraction of sp³-hybridized carbons (Fsp3) is 0.364. The van der Waals surface area contributed by atoms with Crippen LogP contribution >= 0.6 is 0 Å². The zero-order valence-electron chi connectivity index (χ0n) is 10.4. The van der Waals surface area contributed by atoms with Crippen LogP contribution in [0, 0.1) is 11.8 Å². The minimum absolute atomic E-state index is 0.118. The van der Waals surface area contributed by atoms with Crippen LogP contribution in [0.15, 0.2) is 23.4 Å². The first-order chi connectivity index (χ1) is 9.69. The summed E-state index contributed by atoms with van der Waals surface area (Å²) in [6, 6.07) is 1.01. The second-order valence-electron chi connectivity index (χ2n) is 3.76. The first-order valence-corrected chi connectivity index (χ1v) is 6.88. The molecule has 0 fully saturated rings. The van der Waals surface area contributed by atoms with Gasteiger partial charge in [-0.05, 0) is 6.07 Å². The van der Waals surface area contributed by atoms with Crippen LogP contribution in [0.3, 0.4) is 0 Å². The third-order valence-electron chi connectivity index (χ3n) is 2.15. The van der Waals surface area contributed by atoms with Crippen LogP contribution in [-0.4, -0.2) is 44.0 Å². The van der Waals surface area contributed by atoms with Gasteiger partial charge < -0.3 is 5.11 Å². The highest BCUT2D eigenvalue weighted by Crippen LogP contribution is 2.22. The number of alkyl halides is 4. The van der Waals surface area contributed by atoms with Crippen molar-refractivity contribution in [2.75, 3.05) is 13.2 Å². The lowest BCUT2D eigenvalue weighted by molar-refractivity contribution is -0.122. The van der Waals surface area contributed by atoms with Crippen molar-refractivity contribution in [3.8, 4) is 11.8 Å². The highest BCUT2D eigenvalue weighted by molar-refractivity contribution is 7.89. The molecular formula is C11H10F4N2O3S. The fourth-order valence-electron chi connectivity index (χ4n) is 1.13. The lowest BCUT2D eigenvalue weighted by atomic mass is 10.3. The van der Waals surface area contributed by atoms with E-state index in [0.717, 1.165) is 12.3 Å². The van der Waals surface area contributed by atoms with Gasteiger partial charge in [-0.25, -0.2) is 21.9 Å². The van der Waals surface area contributed by atoms with E-state index in [1.165, 1.54) is 10.9 Å². The Bertz CT molecular complexity index is 653. The third-order valence-corrected chi connectivity index (χ3v) is 3.52. The third kappa shape index (κ3) is 4.96. The number of halogens is 4. The summed E-state index contributed by atoms with van der Waals surface area (Å²) in [5, 5.41) is 8.50. The summed E-state index contributed by atoms with van der Waals surface area (Å²) < 4.78 is 74.1. The topological polar surface area (TPSA) is 79.3 Å². The highest BCUT2D eigenvalue weighted by atomic mass is 32.2. The molecule has 0 aliphatic carbocycles. The zero-order chi connectivity index (χ0) is 16.1. The number of aliphatic hydroxyl groups is 1. The van der Waals surface area contributed by atoms with Crippen molar-refractivity contribution < 1.29 is 31.1 Å². The first-order valence-electron chi connectivity index (χ1n) is 5.39. The lowest BCUT2D eigenvalue weighted by Gasteiger charge is -2.15. The van der Waals surface area contributed by atoms with Gasteiger partial charge in [0.2, 0.25) is 10.0 Å². The maximum atomic E-state index is 12.7. The van der Waals surface area contributed by atoms with Crippen LogP contribution < -0.4 is 4.72 Å². The van der Waals surface area contributed by atoms with E-state index in [1.54, 1.807) is 0 Å². The average molecular weight is 326 g/mol. The van der Waals surface area contributed by atoms with Gasteiger partial charge in [0.1, 0.15) is 11.5 Å². The average Bonchev–Trinajstić information content (AvgIpc) is 2.43. The number of sulfonamides is 1. The van der Waals surface area contributed by atoms with Crippen molar-refractivity contribution >= 4 is 10.0 Å². The Labute approximate surface area is 118 Å². The molecule has 1 rings (SSSR count). The van der Waals surface area contributed by atoms with Crippen molar-refractivity contribution in [2.45, 2.75) is 17.2 Å². The number of aromatic nitrogens is 1. The predicted molar refractivity (Wildman–Crippen MR) is 64.3 cm³/mol. The molecule has 0 spiro atoms. The van der Waals surface area contributed by atoms with Gasteiger partial charge in [-0.3, -0.25) is 4.98 Å². The number of nitrogens with zero attached hydrogens (tertiary/aromatic N) is 1. The van der Waals surface area contributed by atoms with E-state index >= 15 is 0 Å². The van der Waals surface area contributed by atoms with E-state index in [0.29, 0.717) is 0 Å². The number of aliphatic hydroxyl groups excluding tert-OH is 1. The SMILES string of the molecule is O=S(=O)(NCC(F)(F)C(F)F)c1cncc(C#CCO)c1. The maximum Gasteiger partial charge on any atom is 0.320 e. The molecule has 1 aromatic heterocycles. The molecule has 116 valence electrons. The quantitative estimate of drug-likeness (QED) is 0.614. The molecule has 10 heteroatoms. The molecule has 1 heterocycles. The van der Waals surface area contributed by atoms with Crippen molar-refractivity contribution in [1.29, 1.82) is 0 Å². The Kier molecular flexibility index (Phi) is 5.65. The molecule has 1 aromatic rings. The molecule has 0 aliphatic heterocycles. The molecule has 21 heavy (non-hydrogen) atoms. The largest absolute Gasteiger partial charge is 0.384 e. The number of nitrogens with one attached hydrogen (secondary N) is 1. The van der Waals surface area contributed by atoms with Crippen LogP contribution in [0.2, 0.25) is 0 Å². The van der Waals surface area contributed by atoms with Gasteiger partial charge in [0.25, 0.3) is 0 Å². The van der Waals surface area contributed by atoms with Crippen LogP contribution in [0.5, 0.6) is 0 Å². The molecule has 0 saturated carbocycles. The second kappa shape index (κ2) is 6.84. The molecule has 0 saturated heterocycles. The fourth-order valence-corrected chi connectivity index (χ4v) is 2.16. The Morgan fingerprint density at radius 2 is 2.05 bits per heavy atom. The van der Waals surface area contributed by atoms with Gasteiger partial charge in [0.05, 0.1) is 6.54 Å². The summed E-state index contributed by atoms with van der Waals surface area (Å²) in [4.78, 5) is 3.04. The van der Waals surface area contributed by atoms with Gasteiger partial charge in [-0.1, -0.05) is 11.8 Å². The maximum absolute atomic E-state index is 12.7. The minimum Gasteiger partial charge on any atom is -0.384 e. The van der Waals surface area contributed by atoms with E-state index in [4.69, 9.17) is 5.11 Å². The van der Waals surface area contributed by atoms with E-state index < -0.39 is 40.4 Å². The molecular weight excluding hydrogens is 316 g/mol. The van der Waals surface area contributed by atoms with Crippen LogP contribution in [0.25, 0.3) is 0 Å². The monoisotopic (exact) mass is 326 g/mol. The van der Waals surface area contributed by atoms with Gasteiger partial charge >= 0.3 is 12.3 Å². The number of pyridine rings is 1. The molecule has 0 bridgehead atoms. The molecule has 0 radical (unpaired) electrons. The summed E-state index contributed by atoms with van der Waals surface area (Å²) in [5.41, 5.74) is 0.118. The molecule has 0 amide bonds. The summed E-state index contributed by atoms with van der Waals surface area (Å²) in [7, 11) is -4.43. The number of rotatable bonds is 5. The predicted octanol–water partition coefficient (Wildman–Crippen LogP) is 0.604. The smallest absolute Gasteiger partial charge is 0.320 e. The highest BCUT2D eigenvalue weighted by Gasteiger charge is 2.41. The number of hydrogen-bond acceptors (Lipinski definition) is 4. The Balaban J connectivity index is 2.93. The standard InChI is InChI=1S/C11H10F4N2O3S/c12-10(13)11(14,15)7-17-21(19,20)9-4-8(2-1-3-18)5-16-6-9/h4-6,10,17-18H,3,7H2. The normalized spacial score (nSPS) is 12.1. The first kappa shape index (κ1) is 17.4. The van der Waals surface area contributed by atoms with Crippen molar-refractivity contribution in [3.63, 3.8) is 0 Å². The van der Waals surface area contributed by atoms with Crippen molar-refractivity contribution in [2.24, 2.45) is 0 Å². The Morgan fingerprint density at radius 3 is 2.62 bits per heavy atom. The minimum atomic E-state index is -4.48. The van der Waals surface area contributed by atoms with Crippen molar-refractivity contribution in [3.05, 3.63) is 24.0 Å². The van der Waals surface area contributed by atoms with Crippen LogP contribution in [-0.2, 0) is 10.0 Å². The van der Waals surface area contributed by atoms with Crippen molar-refractivity contribution in [1.82, 2.24) is 9.71 Å². The summed E-state index contributed by atoms with van der Waals surface area (Å²) >= 11 is 0. The van der Waals surface area contributed by atoms with E-state index in [1.807, 2.05) is 0 Å². The summed E-state index contributed by atoms with van der Waals surface area (Å²) in [6.45, 7) is -2.20. The van der Waals surface area contributed by atoms with E-state index in [9.17, 15) is 26.0 Å². The summed E-state index contributed by atoms with van der Waals surface area (Å²) in [5.74, 6) is 0.143. The summed E-state index contributed by atoms with van der Waals surface area (Å²) in [6.07, 6.45) is -1.94.